The van der Waals surface area contributed by atoms with Gasteiger partial charge < -0.3 is 19.8 Å². The maximum Gasteiger partial charge on any atom is 0.295 e. The Morgan fingerprint density at radius 2 is 1.75 bits per heavy atom. The highest BCUT2D eigenvalue weighted by Crippen LogP contribution is 2.28. The molecule has 0 amide bonds. The molecule has 0 unspecified atom stereocenters. The SMILES string of the molecule is O=COCOc1ccc(CNc2ccccc2-c2nc3ccccc3[nH]2)cc1. The van der Waals surface area contributed by atoms with Crippen LogP contribution in [0.25, 0.3) is 22.4 Å². The minimum Gasteiger partial charge on any atom is -0.457 e. The minimum atomic E-state index is -0.0913. The summed E-state index contributed by atoms with van der Waals surface area (Å²) in [6.07, 6.45) is 0. The number of carbonyl (C=O) groups excluding carboxylic acids is 1. The van der Waals surface area contributed by atoms with Gasteiger partial charge in [0, 0.05) is 17.8 Å². The van der Waals surface area contributed by atoms with Crippen LogP contribution < -0.4 is 10.1 Å². The Morgan fingerprint density at radius 3 is 2.57 bits per heavy atom. The molecular weight excluding hydrogens is 354 g/mol. The van der Waals surface area contributed by atoms with E-state index >= 15 is 0 Å². The first-order chi connectivity index (χ1) is 13.8. The lowest BCUT2D eigenvalue weighted by atomic mass is 10.1. The molecule has 0 fully saturated rings. The van der Waals surface area contributed by atoms with E-state index in [1.165, 1.54) is 0 Å². The summed E-state index contributed by atoms with van der Waals surface area (Å²) >= 11 is 0. The van der Waals surface area contributed by atoms with Crippen molar-refractivity contribution in [3.8, 4) is 17.1 Å². The Balaban J connectivity index is 1.47. The monoisotopic (exact) mass is 373 g/mol. The molecule has 6 heteroatoms. The van der Waals surface area contributed by atoms with Gasteiger partial charge in [-0.1, -0.05) is 36.4 Å². The summed E-state index contributed by atoms with van der Waals surface area (Å²) in [6.45, 7) is 0.923. The molecule has 2 N–H and O–H groups in total. The molecule has 0 atom stereocenters. The van der Waals surface area contributed by atoms with Crippen molar-refractivity contribution in [2.45, 2.75) is 6.54 Å². The number of carbonyl (C=O) groups is 1. The first kappa shape index (κ1) is 17.6. The topological polar surface area (TPSA) is 76.2 Å². The van der Waals surface area contributed by atoms with Crippen LogP contribution in [0.1, 0.15) is 5.56 Å². The molecule has 28 heavy (non-hydrogen) atoms. The average molecular weight is 373 g/mol. The van der Waals surface area contributed by atoms with Crippen molar-refractivity contribution < 1.29 is 14.3 Å². The van der Waals surface area contributed by atoms with Gasteiger partial charge in [-0.25, -0.2) is 4.98 Å². The number of ether oxygens (including phenoxy) is 2. The number of fused-ring (bicyclic) bond motifs is 1. The zero-order chi connectivity index (χ0) is 19.2. The third-order valence-corrected chi connectivity index (χ3v) is 4.34. The van der Waals surface area contributed by atoms with Gasteiger partial charge in [-0.15, -0.1) is 0 Å². The second-order valence-corrected chi connectivity index (χ2v) is 6.17. The van der Waals surface area contributed by atoms with Crippen LogP contribution in [0.2, 0.25) is 0 Å². The lowest BCUT2D eigenvalue weighted by Gasteiger charge is -2.11. The summed E-state index contributed by atoms with van der Waals surface area (Å²) in [4.78, 5) is 18.2. The van der Waals surface area contributed by atoms with Crippen molar-refractivity contribution in [3.63, 3.8) is 0 Å². The minimum absolute atomic E-state index is 0.0913. The Hall–Kier alpha value is -3.80. The summed E-state index contributed by atoms with van der Waals surface area (Å²) in [5.41, 5.74) is 5.08. The summed E-state index contributed by atoms with van der Waals surface area (Å²) < 4.78 is 9.81. The predicted molar refractivity (Wildman–Crippen MR) is 108 cm³/mol. The van der Waals surface area contributed by atoms with Gasteiger partial charge in [0.15, 0.2) is 0 Å². The van der Waals surface area contributed by atoms with Crippen molar-refractivity contribution in [2.24, 2.45) is 0 Å². The lowest BCUT2D eigenvalue weighted by Crippen LogP contribution is -2.03. The van der Waals surface area contributed by atoms with E-state index in [1.54, 1.807) is 0 Å². The van der Waals surface area contributed by atoms with Gasteiger partial charge in [0.25, 0.3) is 6.47 Å². The number of anilines is 1. The summed E-state index contributed by atoms with van der Waals surface area (Å²) in [5.74, 6) is 1.48. The molecule has 4 rings (SSSR count). The number of rotatable bonds is 8. The van der Waals surface area contributed by atoms with E-state index in [-0.39, 0.29) is 6.79 Å². The highest BCUT2D eigenvalue weighted by atomic mass is 16.7. The van der Waals surface area contributed by atoms with Gasteiger partial charge in [0.1, 0.15) is 11.6 Å². The van der Waals surface area contributed by atoms with Crippen LogP contribution in [0.3, 0.4) is 0 Å². The number of nitrogens with zero attached hydrogens (tertiary/aromatic N) is 1. The van der Waals surface area contributed by atoms with E-state index in [1.807, 2.05) is 72.8 Å². The second kappa shape index (κ2) is 8.26. The molecule has 1 aromatic heterocycles. The molecule has 0 radical (unpaired) electrons. The van der Waals surface area contributed by atoms with Crippen LogP contribution in [0, 0.1) is 0 Å². The summed E-state index contributed by atoms with van der Waals surface area (Å²) in [7, 11) is 0. The average Bonchev–Trinajstić information content (AvgIpc) is 3.18. The van der Waals surface area contributed by atoms with E-state index in [2.05, 4.69) is 15.0 Å². The molecule has 0 bridgehead atoms. The first-order valence-electron chi connectivity index (χ1n) is 8.88. The third kappa shape index (κ3) is 3.96. The fourth-order valence-corrected chi connectivity index (χ4v) is 2.95. The van der Waals surface area contributed by atoms with Gasteiger partial charge in [-0.2, -0.15) is 0 Å². The molecule has 3 aromatic carbocycles. The van der Waals surface area contributed by atoms with Crippen LogP contribution in [0.4, 0.5) is 5.69 Å². The Morgan fingerprint density at radius 1 is 0.964 bits per heavy atom. The zero-order valence-corrected chi connectivity index (χ0v) is 15.1. The summed E-state index contributed by atoms with van der Waals surface area (Å²) in [5, 5.41) is 3.47. The molecule has 0 spiro atoms. The fraction of sp³-hybridized carbons (Fsp3) is 0.0909. The largest absolute Gasteiger partial charge is 0.457 e. The molecule has 0 saturated carbocycles. The second-order valence-electron chi connectivity index (χ2n) is 6.17. The van der Waals surface area contributed by atoms with Crippen molar-refractivity contribution in [1.82, 2.24) is 9.97 Å². The number of hydrogen-bond acceptors (Lipinski definition) is 5. The van der Waals surface area contributed by atoms with Crippen LogP contribution >= 0.6 is 0 Å². The zero-order valence-electron chi connectivity index (χ0n) is 15.1. The third-order valence-electron chi connectivity index (χ3n) is 4.34. The molecule has 6 nitrogen and oxygen atoms in total. The van der Waals surface area contributed by atoms with Gasteiger partial charge in [-0.05, 0) is 42.0 Å². The summed E-state index contributed by atoms with van der Waals surface area (Å²) in [6, 6.07) is 23.7. The van der Waals surface area contributed by atoms with Crippen LogP contribution in [0.5, 0.6) is 5.75 Å². The van der Waals surface area contributed by atoms with Crippen molar-refractivity contribution in [3.05, 3.63) is 78.4 Å². The highest BCUT2D eigenvalue weighted by molar-refractivity contribution is 5.82. The maximum absolute atomic E-state index is 10.1. The normalized spacial score (nSPS) is 10.6. The van der Waals surface area contributed by atoms with Gasteiger partial charge in [0.2, 0.25) is 6.79 Å². The predicted octanol–water partition coefficient (Wildman–Crippen LogP) is 4.35. The van der Waals surface area contributed by atoms with Gasteiger partial charge >= 0.3 is 0 Å². The number of nitrogens with one attached hydrogen (secondary N) is 2. The van der Waals surface area contributed by atoms with Crippen molar-refractivity contribution in [1.29, 1.82) is 0 Å². The number of H-pyrrole nitrogens is 1. The smallest absolute Gasteiger partial charge is 0.295 e. The molecule has 1 heterocycles. The molecule has 4 aromatic rings. The Bertz CT molecular complexity index is 1040. The number of aromatic amines is 1. The highest BCUT2D eigenvalue weighted by Gasteiger charge is 2.09. The molecule has 0 aliphatic rings. The molecule has 140 valence electrons. The first-order valence-corrected chi connectivity index (χ1v) is 8.88. The molecular formula is C22H19N3O3. The number of para-hydroxylation sites is 3. The molecule has 0 aliphatic carbocycles. The number of benzene rings is 3. The number of imidazole rings is 1. The fourth-order valence-electron chi connectivity index (χ4n) is 2.95. The van der Waals surface area contributed by atoms with E-state index in [0.717, 1.165) is 33.7 Å². The lowest BCUT2D eigenvalue weighted by molar-refractivity contribution is -0.134. The van der Waals surface area contributed by atoms with Crippen molar-refractivity contribution in [2.75, 3.05) is 12.1 Å². The van der Waals surface area contributed by atoms with Crippen molar-refractivity contribution >= 4 is 23.2 Å². The van der Waals surface area contributed by atoms with Crippen LogP contribution in [-0.2, 0) is 16.1 Å². The standard InChI is InChI=1S/C22H19N3O3/c26-14-27-15-28-17-11-9-16(10-12-17)13-23-19-6-2-1-5-18(19)22-24-20-7-3-4-8-21(20)25-22/h1-12,14,23H,13,15H2,(H,24,25). The van der Waals surface area contributed by atoms with E-state index < -0.39 is 0 Å². The Labute approximate surface area is 162 Å². The maximum atomic E-state index is 10.1. The van der Waals surface area contributed by atoms with Gasteiger partial charge in [-0.3, -0.25) is 4.79 Å². The van der Waals surface area contributed by atoms with E-state index in [9.17, 15) is 4.79 Å². The number of aromatic nitrogens is 2. The molecule has 0 saturated heterocycles. The van der Waals surface area contributed by atoms with E-state index in [0.29, 0.717) is 18.8 Å². The van der Waals surface area contributed by atoms with Gasteiger partial charge in [0.05, 0.1) is 11.0 Å². The molecule has 0 aliphatic heterocycles. The Kier molecular flexibility index (Phi) is 5.20. The van der Waals surface area contributed by atoms with Crippen LogP contribution in [-0.4, -0.2) is 23.2 Å². The van der Waals surface area contributed by atoms with E-state index in [4.69, 9.17) is 9.72 Å². The quantitative estimate of drug-likeness (QED) is 0.273. The van der Waals surface area contributed by atoms with Crippen LogP contribution in [0.15, 0.2) is 72.8 Å². The number of hydrogen-bond donors (Lipinski definition) is 2.